The Morgan fingerprint density at radius 1 is 1.43 bits per heavy atom. The second-order valence-electron chi connectivity index (χ2n) is 3.47. The van der Waals surface area contributed by atoms with Crippen LogP contribution in [-0.2, 0) is 0 Å². The van der Waals surface area contributed by atoms with Crippen molar-refractivity contribution in [3.05, 3.63) is 11.9 Å². The molecule has 76 valence electrons. The van der Waals surface area contributed by atoms with E-state index in [1.807, 2.05) is 0 Å². The predicted octanol–water partition coefficient (Wildman–Crippen LogP) is 1.10. The third-order valence-electron chi connectivity index (χ3n) is 2.45. The number of anilines is 1. The number of hydrogen-bond donors (Lipinski definition) is 2. The molecule has 1 aromatic rings. The summed E-state index contributed by atoms with van der Waals surface area (Å²) in [7, 11) is 0. The van der Waals surface area contributed by atoms with E-state index in [4.69, 9.17) is 5.11 Å². The van der Waals surface area contributed by atoms with Crippen LogP contribution >= 0.6 is 0 Å². The highest BCUT2D eigenvalue weighted by Gasteiger charge is 2.15. The summed E-state index contributed by atoms with van der Waals surface area (Å²) in [5.41, 5.74) is 0.158. The molecule has 0 aromatic carbocycles. The van der Waals surface area contributed by atoms with E-state index in [0.717, 1.165) is 25.9 Å². The Bertz CT molecular complexity index is 329. The van der Waals surface area contributed by atoms with Crippen molar-refractivity contribution >= 4 is 11.9 Å². The van der Waals surface area contributed by atoms with Gasteiger partial charge in [-0.3, -0.25) is 0 Å². The number of carboxylic acid groups (broad SMARTS) is 1. The Kier molecular flexibility index (Phi) is 2.39. The minimum absolute atomic E-state index is 0.158. The summed E-state index contributed by atoms with van der Waals surface area (Å²) in [5, 5.41) is 8.71. The minimum atomic E-state index is -0.958. The molecule has 2 heterocycles. The zero-order chi connectivity index (χ0) is 9.97. The molecule has 1 aromatic heterocycles. The largest absolute Gasteiger partial charge is 0.477 e. The molecular weight excluding hydrogens is 182 g/mol. The number of H-pyrrole nitrogens is 1. The van der Waals surface area contributed by atoms with Crippen molar-refractivity contribution in [2.24, 2.45) is 0 Å². The number of aromatic carboxylic acids is 1. The van der Waals surface area contributed by atoms with Gasteiger partial charge in [0, 0.05) is 13.1 Å². The van der Waals surface area contributed by atoms with E-state index in [2.05, 4.69) is 14.9 Å². The molecule has 5 heteroatoms. The van der Waals surface area contributed by atoms with Crippen LogP contribution in [0.4, 0.5) is 5.95 Å². The molecule has 0 aliphatic carbocycles. The van der Waals surface area contributed by atoms with E-state index >= 15 is 0 Å². The molecule has 1 aliphatic rings. The van der Waals surface area contributed by atoms with E-state index in [9.17, 15) is 4.79 Å². The zero-order valence-corrected chi connectivity index (χ0v) is 7.86. The number of carbonyl (C=O) groups is 1. The number of aromatic amines is 1. The SMILES string of the molecule is O=C(O)c1cnc(N2CCCCC2)[nH]1. The lowest BCUT2D eigenvalue weighted by Gasteiger charge is -2.25. The maximum atomic E-state index is 10.6. The summed E-state index contributed by atoms with van der Waals surface area (Å²) in [5.74, 6) is -0.275. The lowest BCUT2D eigenvalue weighted by molar-refractivity contribution is 0.0691. The maximum Gasteiger partial charge on any atom is 0.354 e. The fraction of sp³-hybridized carbons (Fsp3) is 0.556. The monoisotopic (exact) mass is 195 g/mol. The van der Waals surface area contributed by atoms with Gasteiger partial charge in [0.1, 0.15) is 5.69 Å². The van der Waals surface area contributed by atoms with E-state index in [1.54, 1.807) is 0 Å². The molecule has 1 saturated heterocycles. The molecule has 0 radical (unpaired) electrons. The molecule has 0 spiro atoms. The zero-order valence-electron chi connectivity index (χ0n) is 7.86. The van der Waals surface area contributed by atoms with Crippen LogP contribution in [0.15, 0.2) is 6.20 Å². The van der Waals surface area contributed by atoms with Crippen LogP contribution in [0.3, 0.4) is 0 Å². The highest BCUT2D eigenvalue weighted by Crippen LogP contribution is 2.15. The van der Waals surface area contributed by atoms with Crippen LogP contribution < -0.4 is 4.90 Å². The molecule has 0 bridgehead atoms. The van der Waals surface area contributed by atoms with Gasteiger partial charge in [-0.25, -0.2) is 9.78 Å². The van der Waals surface area contributed by atoms with E-state index in [1.165, 1.54) is 12.6 Å². The third-order valence-corrected chi connectivity index (χ3v) is 2.45. The van der Waals surface area contributed by atoms with Gasteiger partial charge in [0.2, 0.25) is 5.95 Å². The van der Waals surface area contributed by atoms with Crippen molar-refractivity contribution in [2.45, 2.75) is 19.3 Å². The highest BCUT2D eigenvalue weighted by atomic mass is 16.4. The van der Waals surface area contributed by atoms with Gasteiger partial charge in [-0.15, -0.1) is 0 Å². The smallest absolute Gasteiger partial charge is 0.354 e. The van der Waals surface area contributed by atoms with Crippen LogP contribution in [0.5, 0.6) is 0 Å². The first kappa shape index (κ1) is 9.05. The quantitative estimate of drug-likeness (QED) is 0.741. The molecule has 1 aliphatic heterocycles. The number of aromatic nitrogens is 2. The molecule has 0 saturated carbocycles. The van der Waals surface area contributed by atoms with Gasteiger partial charge in [-0.05, 0) is 19.3 Å². The van der Waals surface area contributed by atoms with Gasteiger partial charge in [-0.1, -0.05) is 0 Å². The third kappa shape index (κ3) is 1.71. The molecular formula is C9H13N3O2. The van der Waals surface area contributed by atoms with E-state index in [-0.39, 0.29) is 5.69 Å². The van der Waals surface area contributed by atoms with Gasteiger partial charge in [0.15, 0.2) is 0 Å². The first-order valence-corrected chi connectivity index (χ1v) is 4.80. The molecule has 14 heavy (non-hydrogen) atoms. The van der Waals surface area contributed by atoms with Gasteiger partial charge in [0.05, 0.1) is 6.20 Å². The summed E-state index contributed by atoms with van der Waals surface area (Å²) in [6.07, 6.45) is 4.93. The van der Waals surface area contributed by atoms with Crippen LogP contribution in [0.2, 0.25) is 0 Å². The predicted molar refractivity (Wildman–Crippen MR) is 51.6 cm³/mol. The van der Waals surface area contributed by atoms with Crippen molar-refractivity contribution in [3.8, 4) is 0 Å². The number of hydrogen-bond acceptors (Lipinski definition) is 3. The molecule has 2 rings (SSSR count). The number of imidazole rings is 1. The Balaban J connectivity index is 2.11. The van der Waals surface area contributed by atoms with Crippen molar-refractivity contribution in [3.63, 3.8) is 0 Å². The highest BCUT2D eigenvalue weighted by molar-refractivity contribution is 5.85. The van der Waals surface area contributed by atoms with E-state index < -0.39 is 5.97 Å². The summed E-state index contributed by atoms with van der Waals surface area (Å²) in [4.78, 5) is 19.5. The van der Waals surface area contributed by atoms with Crippen LogP contribution in [0, 0.1) is 0 Å². The summed E-state index contributed by atoms with van der Waals surface area (Å²) < 4.78 is 0. The summed E-state index contributed by atoms with van der Waals surface area (Å²) in [6, 6.07) is 0. The normalized spacial score (nSPS) is 17.0. The Morgan fingerprint density at radius 2 is 2.14 bits per heavy atom. The van der Waals surface area contributed by atoms with Crippen molar-refractivity contribution in [1.82, 2.24) is 9.97 Å². The average Bonchev–Trinajstić information content (AvgIpc) is 2.68. The lowest BCUT2D eigenvalue weighted by atomic mass is 10.1. The Hall–Kier alpha value is -1.52. The van der Waals surface area contributed by atoms with Gasteiger partial charge in [0.25, 0.3) is 0 Å². The number of nitrogens with one attached hydrogen (secondary N) is 1. The first-order valence-electron chi connectivity index (χ1n) is 4.80. The first-order chi connectivity index (χ1) is 6.77. The molecule has 0 unspecified atom stereocenters. The van der Waals surface area contributed by atoms with Gasteiger partial charge in [-0.2, -0.15) is 0 Å². The molecule has 2 N–H and O–H groups in total. The lowest BCUT2D eigenvalue weighted by Crippen LogP contribution is -2.30. The molecule has 0 amide bonds. The second kappa shape index (κ2) is 3.69. The fourth-order valence-corrected chi connectivity index (χ4v) is 1.69. The average molecular weight is 195 g/mol. The van der Waals surface area contributed by atoms with Crippen LogP contribution in [-0.4, -0.2) is 34.1 Å². The minimum Gasteiger partial charge on any atom is -0.477 e. The number of carboxylic acids is 1. The van der Waals surface area contributed by atoms with Crippen molar-refractivity contribution in [2.75, 3.05) is 18.0 Å². The molecule has 1 fully saturated rings. The fourth-order valence-electron chi connectivity index (χ4n) is 1.69. The van der Waals surface area contributed by atoms with Gasteiger partial charge < -0.3 is 15.0 Å². The van der Waals surface area contributed by atoms with Crippen molar-refractivity contribution < 1.29 is 9.90 Å². The van der Waals surface area contributed by atoms with Crippen LogP contribution in [0.1, 0.15) is 29.8 Å². The molecule has 5 nitrogen and oxygen atoms in total. The Labute approximate surface area is 81.8 Å². The maximum absolute atomic E-state index is 10.6. The Morgan fingerprint density at radius 3 is 2.71 bits per heavy atom. The topological polar surface area (TPSA) is 69.2 Å². The summed E-state index contributed by atoms with van der Waals surface area (Å²) in [6.45, 7) is 1.93. The second-order valence-corrected chi connectivity index (χ2v) is 3.47. The number of nitrogens with zero attached hydrogens (tertiary/aromatic N) is 2. The number of rotatable bonds is 2. The standard InChI is InChI=1S/C9H13N3O2/c13-8(14)7-6-10-9(11-7)12-4-2-1-3-5-12/h6H,1-5H2,(H,10,11)(H,13,14). The van der Waals surface area contributed by atoms with E-state index in [0.29, 0.717) is 5.95 Å². The van der Waals surface area contributed by atoms with Gasteiger partial charge >= 0.3 is 5.97 Å². The van der Waals surface area contributed by atoms with Crippen molar-refractivity contribution in [1.29, 1.82) is 0 Å². The molecule has 0 atom stereocenters. The van der Waals surface area contributed by atoms with Crippen LogP contribution in [0.25, 0.3) is 0 Å². The summed E-state index contributed by atoms with van der Waals surface area (Å²) >= 11 is 0. The number of piperidine rings is 1.